The van der Waals surface area contributed by atoms with Gasteiger partial charge in [0.25, 0.3) is 5.91 Å². The number of amides is 1. The highest BCUT2D eigenvalue weighted by molar-refractivity contribution is 5.94. The first-order valence-corrected chi connectivity index (χ1v) is 4.87. The van der Waals surface area contributed by atoms with Crippen molar-refractivity contribution in [2.24, 2.45) is 0 Å². The van der Waals surface area contributed by atoms with Crippen molar-refractivity contribution in [3.8, 4) is 0 Å². The number of halogens is 2. The molecule has 0 aliphatic carbocycles. The first-order chi connectivity index (χ1) is 8.16. The fourth-order valence-electron chi connectivity index (χ4n) is 1.30. The third kappa shape index (κ3) is 2.66. The van der Waals surface area contributed by atoms with Gasteiger partial charge in [0, 0.05) is 11.8 Å². The van der Waals surface area contributed by atoms with Crippen LogP contribution in [0.4, 0.5) is 8.78 Å². The quantitative estimate of drug-likeness (QED) is 0.852. The van der Waals surface area contributed by atoms with E-state index in [0.717, 1.165) is 17.8 Å². The van der Waals surface area contributed by atoms with Gasteiger partial charge in [-0.1, -0.05) is 0 Å². The minimum absolute atomic E-state index is 0.0726. The number of nitrogens with zero attached hydrogens (tertiary/aromatic N) is 1. The molecule has 1 amide bonds. The number of aromatic nitrogens is 2. The molecule has 0 bridgehead atoms. The summed E-state index contributed by atoms with van der Waals surface area (Å²) in [7, 11) is 0. The molecular weight excluding hydrogens is 228 g/mol. The minimum Gasteiger partial charge on any atom is -0.347 e. The van der Waals surface area contributed by atoms with Gasteiger partial charge in [0.1, 0.15) is 0 Å². The molecule has 6 heteroatoms. The molecule has 0 unspecified atom stereocenters. The molecule has 17 heavy (non-hydrogen) atoms. The molecule has 2 N–H and O–H groups in total. The molecule has 0 atom stereocenters. The van der Waals surface area contributed by atoms with E-state index in [1.54, 1.807) is 6.20 Å². The maximum Gasteiger partial charge on any atom is 0.251 e. The Hall–Kier alpha value is -2.24. The van der Waals surface area contributed by atoms with Crippen LogP contribution in [0.3, 0.4) is 0 Å². The number of H-pyrrole nitrogens is 1. The van der Waals surface area contributed by atoms with Gasteiger partial charge in [0.2, 0.25) is 0 Å². The lowest BCUT2D eigenvalue weighted by Gasteiger charge is -2.03. The standard InChI is InChI=1S/C11H9F2N3O/c12-9-2-1-7(3-10(9)13)11(17)15-5-8-4-14-6-16-8/h1-4,6H,5H2,(H,14,16)(H,15,17). The Labute approximate surface area is 95.7 Å². The summed E-state index contributed by atoms with van der Waals surface area (Å²) in [6, 6.07) is 3.00. The fourth-order valence-corrected chi connectivity index (χ4v) is 1.30. The summed E-state index contributed by atoms with van der Waals surface area (Å²) in [6.45, 7) is 0.248. The van der Waals surface area contributed by atoms with Crippen LogP contribution in [-0.4, -0.2) is 15.9 Å². The topological polar surface area (TPSA) is 57.8 Å². The second-order valence-electron chi connectivity index (χ2n) is 3.39. The Morgan fingerprint density at radius 3 is 2.82 bits per heavy atom. The Kier molecular flexibility index (Phi) is 3.13. The van der Waals surface area contributed by atoms with Crippen molar-refractivity contribution in [1.82, 2.24) is 15.3 Å². The van der Waals surface area contributed by atoms with Gasteiger partial charge < -0.3 is 10.3 Å². The molecule has 88 valence electrons. The zero-order valence-electron chi connectivity index (χ0n) is 8.71. The van der Waals surface area contributed by atoms with Crippen LogP contribution < -0.4 is 5.32 Å². The summed E-state index contributed by atoms with van der Waals surface area (Å²) in [5.41, 5.74) is 0.796. The summed E-state index contributed by atoms with van der Waals surface area (Å²) in [5.74, 6) is -2.49. The maximum absolute atomic E-state index is 12.9. The zero-order chi connectivity index (χ0) is 12.3. The molecule has 0 aliphatic heterocycles. The van der Waals surface area contributed by atoms with E-state index < -0.39 is 17.5 Å². The van der Waals surface area contributed by atoms with Crippen LogP contribution in [0.2, 0.25) is 0 Å². The normalized spacial score (nSPS) is 10.2. The SMILES string of the molecule is O=C(NCc1cnc[nH]1)c1ccc(F)c(F)c1. The summed E-state index contributed by atoms with van der Waals surface area (Å²) in [5, 5.41) is 2.55. The number of benzene rings is 1. The highest BCUT2D eigenvalue weighted by Crippen LogP contribution is 2.08. The third-order valence-corrected chi connectivity index (χ3v) is 2.18. The molecule has 1 heterocycles. The summed E-state index contributed by atoms with van der Waals surface area (Å²) >= 11 is 0. The number of carbonyl (C=O) groups excluding carboxylic acids is 1. The Bertz CT molecular complexity index is 526. The Balaban J connectivity index is 2.02. The molecule has 0 spiro atoms. The van der Waals surface area contributed by atoms with Crippen molar-refractivity contribution in [3.63, 3.8) is 0 Å². The Morgan fingerprint density at radius 2 is 2.18 bits per heavy atom. The van der Waals surface area contributed by atoms with Crippen LogP contribution in [0.25, 0.3) is 0 Å². The van der Waals surface area contributed by atoms with Gasteiger partial charge >= 0.3 is 0 Å². The van der Waals surface area contributed by atoms with Crippen LogP contribution >= 0.6 is 0 Å². The van der Waals surface area contributed by atoms with E-state index in [1.807, 2.05) is 0 Å². The molecule has 0 fully saturated rings. The van der Waals surface area contributed by atoms with Crippen LogP contribution in [0.15, 0.2) is 30.7 Å². The lowest BCUT2D eigenvalue weighted by molar-refractivity contribution is 0.0950. The number of nitrogens with one attached hydrogen (secondary N) is 2. The van der Waals surface area contributed by atoms with Crippen molar-refractivity contribution in [1.29, 1.82) is 0 Å². The minimum atomic E-state index is -1.04. The second-order valence-corrected chi connectivity index (χ2v) is 3.39. The molecule has 2 aromatic rings. The highest BCUT2D eigenvalue weighted by Gasteiger charge is 2.09. The number of aromatic amines is 1. The van der Waals surface area contributed by atoms with Gasteiger partial charge in [-0.3, -0.25) is 4.79 Å². The first-order valence-electron chi connectivity index (χ1n) is 4.87. The first kappa shape index (κ1) is 11.3. The van der Waals surface area contributed by atoms with Crippen molar-refractivity contribution >= 4 is 5.91 Å². The van der Waals surface area contributed by atoms with Crippen molar-refractivity contribution in [2.45, 2.75) is 6.54 Å². The Morgan fingerprint density at radius 1 is 1.35 bits per heavy atom. The highest BCUT2D eigenvalue weighted by atomic mass is 19.2. The fraction of sp³-hybridized carbons (Fsp3) is 0.0909. The number of imidazole rings is 1. The summed E-state index contributed by atoms with van der Waals surface area (Å²) < 4.78 is 25.5. The van der Waals surface area contributed by atoms with Gasteiger partial charge in [-0.15, -0.1) is 0 Å². The molecular formula is C11H9F2N3O. The van der Waals surface area contributed by atoms with E-state index in [4.69, 9.17) is 0 Å². The van der Waals surface area contributed by atoms with E-state index in [2.05, 4.69) is 15.3 Å². The maximum atomic E-state index is 12.9. The van der Waals surface area contributed by atoms with E-state index in [0.29, 0.717) is 0 Å². The van der Waals surface area contributed by atoms with Crippen LogP contribution in [0, 0.1) is 11.6 Å². The number of hydrogen-bond donors (Lipinski definition) is 2. The van der Waals surface area contributed by atoms with Gasteiger partial charge in [-0.2, -0.15) is 0 Å². The predicted molar refractivity (Wildman–Crippen MR) is 56.1 cm³/mol. The van der Waals surface area contributed by atoms with Crippen molar-refractivity contribution in [3.05, 3.63) is 53.6 Å². The molecule has 0 saturated carbocycles. The van der Waals surface area contributed by atoms with E-state index >= 15 is 0 Å². The smallest absolute Gasteiger partial charge is 0.251 e. The van der Waals surface area contributed by atoms with Gasteiger partial charge in [-0.05, 0) is 18.2 Å². The van der Waals surface area contributed by atoms with Crippen LogP contribution in [0.5, 0.6) is 0 Å². The van der Waals surface area contributed by atoms with E-state index in [9.17, 15) is 13.6 Å². The number of rotatable bonds is 3. The summed E-state index contributed by atoms with van der Waals surface area (Å²) in [6.07, 6.45) is 3.05. The van der Waals surface area contributed by atoms with Crippen molar-refractivity contribution in [2.75, 3.05) is 0 Å². The average molecular weight is 237 g/mol. The molecule has 0 aliphatic rings. The largest absolute Gasteiger partial charge is 0.347 e. The van der Waals surface area contributed by atoms with Gasteiger partial charge in [-0.25, -0.2) is 13.8 Å². The molecule has 0 radical (unpaired) electrons. The van der Waals surface area contributed by atoms with Gasteiger partial charge in [0.05, 0.1) is 18.6 Å². The molecule has 4 nitrogen and oxygen atoms in total. The number of hydrogen-bond acceptors (Lipinski definition) is 2. The lowest BCUT2D eigenvalue weighted by atomic mass is 10.2. The van der Waals surface area contributed by atoms with Gasteiger partial charge in [0.15, 0.2) is 11.6 Å². The van der Waals surface area contributed by atoms with Crippen LogP contribution in [0.1, 0.15) is 16.1 Å². The zero-order valence-corrected chi connectivity index (χ0v) is 8.71. The second kappa shape index (κ2) is 4.73. The average Bonchev–Trinajstić information content (AvgIpc) is 2.82. The molecule has 0 saturated heterocycles. The lowest BCUT2D eigenvalue weighted by Crippen LogP contribution is -2.23. The molecule has 2 rings (SSSR count). The van der Waals surface area contributed by atoms with E-state index in [-0.39, 0.29) is 12.1 Å². The third-order valence-electron chi connectivity index (χ3n) is 2.18. The van der Waals surface area contributed by atoms with E-state index in [1.165, 1.54) is 12.4 Å². The van der Waals surface area contributed by atoms with Crippen molar-refractivity contribution < 1.29 is 13.6 Å². The summed E-state index contributed by atoms with van der Waals surface area (Å²) in [4.78, 5) is 18.2. The van der Waals surface area contributed by atoms with Crippen LogP contribution in [-0.2, 0) is 6.54 Å². The molecule has 1 aromatic heterocycles. The molecule has 1 aromatic carbocycles. The number of carbonyl (C=O) groups is 1. The monoisotopic (exact) mass is 237 g/mol. The predicted octanol–water partition coefficient (Wildman–Crippen LogP) is 1.62.